The van der Waals surface area contributed by atoms with Crippen LogP contribution in [0.5, 0.6) is 0 Å². The topological polar surface area (TPSA) is 92.3 Å². The summed E-state index contributed by atoms with van der Waals surface area (Å²) in [6.07, 6.45) is 0.628. The third kappa shape index (κ3) is 4.84. The first kappa shape index (κ1) is 18.2. The van der Waals surface area contributed by atoms with Gasteiger partial charge in [-0.25, -0.2) is 13.1 Å². The van der Waals surface area contributed by atoms with Crippen LogP contribution in [-0.4, -0.2) is 26.3 Å². The van der Waals surface area contributed by atoms with E-state index in [0.717, 1.165) is 5.56 Å². The molecule has 0 saturated heterocycles. The van der Waals surface area contributed by atoms with Crippen LogP contribution in [-0.2, 0) is 19.6 Å². The molecule has 6 nitrogen and oxygen atoms in total. The number of aryl methyl sites for hydroxylation is 1. The van der Waals surface area contributed by atoms with Gasteiger partial charge < -0.3 is 5.32 Å². The lowest BCUT2D eigenvalue weighted by atomic mass is 9.99. The molecule has 0 saturated carbocycles. The highest BCUT2D eigenvalue weighted by atomic mass is 32.2. The van der Waals surface area contributed by atoms with E-state index in [2.05, 4.69) is 5.32 Å². The Hall–Kier alpha value is -1.89. The van der Waals surface area contributed by atoms with Crippen molar-refractivity contribution in [3.8, 4) is 0 Å². The molecule has 122 valence electrons. The minimum absolute atomic E-state index is 0.0113. The summed E-state index contributed by atoms with van der Waals surface area (Å²) < 4.78 is 26.5. The van der Waals surface area contributed by atoms with Gasteiger partial charge in [-0.1, -0.05) is 38.0 Å². The maximum Gasteiger partial charge on any atom is 0.264 e. The zero-order valence-corrected chi connectivity index (χ0v) is 14.0. The van der Waals surface area contributed by atoms with E-state index in [0.29, 0.717) is 6.42 Å². The van der Waals surface area contributed by atoms with Crippen molar-refractivity contribution < 1.29 is 18.0 Å². The molecule has 0 heterocycles. The first-order chi connectivity index (χ1) is 10.2. The summed E-state index contributed by atoms with van der Waals surface area (Å²) in [7, 11) is -3.95. The summed E-state index contributed by atoms with van der Waals surface area (Å²) in [5.41, 5.74) is 0.918. The molecule has 0 aliphatic carbocycles. The molecule has 0 fully saturated rings. The standard InChI is InChI=1S/C15H22N2O4S/c1-5-11(3)14(16-12(4)18)15(19)17-22(20,21)13-8-6-10(2)7-9-13/h6-9,11,14H,5H2,1-4H3,(H,16,18)(H,17,19)/t11-,14+/m1/s1. The molecule has 0 aliphatic rings. The van der Waals surface area contributed by atoms with E-state index in [9.17, 15) is 18.0 Å². The molecule has 0 aliphatic heterocycles. The van der Waals surface area contributed by atoms with E-state index in [-0.39, 0.29) is 16.7 Å². The zero-order valence-electron chi connectivity index (χ0n) is 13.2. The Morgan fingerprint density at radius 2 is 1.73 bits per heavy atom. The van der Waals surface area contributed by atoms with Crippen LogP contribution in [0.15, 0.2) is 29.2 Å². The third-order valence-electron chi connectivity index (χ3n) is 3.42. The minimum atomic E-state index is -3.95. The maximum atomic E-state index is 12.2. The lowest BCUT2D eigenvalue weighted by Gasteiger charge is -2.22. The predicted octanol–water partition coefficient (Wildman–Crippen LogP) is 1.35. The monoisotopic (exact) mass is 326 g/mol. The second-order valence-corrected chi connectivity index (χ2v) is 7.03. The Kier molecular flexibility index (Phi) is 6.11. The smallest absolute Gasteiger partial charge is 0.264 e. The fourth-order valence-corrected chi connectivity index (χ4v) is 2.90. The number of hydrogen-bond donors (Lipinski definition) is 2. The highest BCUT2D eigenvalue weighted by molar-refractivity contribution is 7.90. The number of benzene rings is 1. The zero-order chi connectivity index (χ0) is 16.9. The van der Waals surface area contributed by atoms with E-state index in [4.69, 9.17) is 0 Å². The Bertz CT molecular complexity index is 638. The molecule has 22 heavy (non-hydrogen) atoms. The van der Waals surface area contributed by atoms with Crippen LogP contribution < -0.4 is 10.0 Å². The highest BCUT2D eigenvalue weighted by Crippen LogP contribution is 2.12. The van der Waals surface area contributed by atoms with Gasteiger partial charge >= 0.3 is 0 Å². The Morgan fingerprint density at radius 1 is 1.18 bits per heavy atom. The van der Waals surface area contributed by atoms with Crippen molar-refractivity contribution in [2.24, 2.45) is 5.92 Å². The Morgan fingerprint density at radius 3 is 2.18 bits per heavy atom. The highest BCUT2D eigenvalue weighted by Gasteiger charge is 2.28. The lowest BCUT2D eigenvalue weighted by Crippen LogP contribution is -2.51. The average Bonchev–Trinajstić information content (AvgIpc) is 2.43. The second-order valence-electron chi connectivity index (χ2n) is 5.35. The van der Waals surface area contributed by atoms with Crippen LogP contribution in [0.25, 0.3) is 0 Å². The van der Waals surface area contributed by atoms with Crippen LogP contribution >= 0.6 is 0 Å². The van der Waals surface area contributed by atoms with Gasteiger partial charge in [-0.3, -0.25) is 9.59 Å². The van der Waals surface area contributed by atoms with Gasteiger partial charge in [-0.15, -0.1) is 0 Å². The molecule has 1 aromatic carbocycles. The van der Waals surface area contributed by atoms with E-state index >= 15 is 0 Å². The normalized spacial score (nSPS) is 14.0. The molecule has 1 aromatic rings. The molecule has 7 heteroatoms. The molecular weight excluding hydrogens is 304 g/mol. The average molecular weight is 326 g/mol. The van der Waals surface area contributed by atoms with Crippen LogP contribution in [0.2, 0.25) is 0 Å². The van der Waals surface area contributed by atoms with Crippen LogP contribution in [0.1, 0.15) is 32.8 Å². The minimum Gasteiger partial charge on any atom is -0.344 e. The molecule has 0 unspecified atom stereocenters. The molecule has 2 N–H and O–H groups in total. The number of carbonyl (C=O) groups is 2. The number of sulfonamides is 1. The number of amides is 2. The van der Waals surface area contributed by atoms with Crippen molar-refractivity contribution in [3.05, 3.63) is 29.8 Å². The van der Waals surface area contributed by atoms with Crippen molar-refractivity contribution >= 4 is 21.8 Å². The molecule has 0 radical (unpaired) electrons. The number of nitrogens with one attached hydrogen (secondary N) is 2. The molecule has 2 atom stereocenters. The fraction of sp³-hybridized carbons (Fsp3) is 0.467. The van der Waals surface area contributed by atoms with Gasteiger partial charge in [-0.05, 0) is 25.0 Å². The largest absolute Gasteiger partial charge is 0.344 e. The van der Waals surface area contributed by atoms with E-state index in [1.165, 1.54) is 19.1 Å². The summed E-state index contributed by atoms with van der Waals surface area (Å²) in [4.78, 5) is 23.5. The first-order valence-electron chi connectivity index (χ1n) is 7.07. The maximum absolute atomic E-state index is 12.2. The Balaban J connectivity index is 2.96. The Labute approximate surface area is 131 Å². The van der Waals surface area contributed by atoms with Crippen molar-refractivity contribution in [2.75, 3.05) is 0 Å². The summed E-state index contributed by atoms with van der Waals surface area (Å²) in [6, 6.07) is 5.28. The summed E-state index contributed by atoms with van der Waals surface area (Å²) in [6.45, 7) is 6.77. The second kappa shape index (κ2) is 7.40. The van der Waals surface area contributed by atoms with Gasteiger partial charge in [0.2, 0.25) is 5.91 Å². The molecule has 0 spiro atoms. The van der Waals surface area contributed by atoms with Gasteiger partial charge in [0.1, 0.15) is 6.04 Å². The van der Waals surface area contributed by atoms with E-state index in [1.807, 2.05) is 18.6 Å². The molecule has 0 aromatic heterocycles. The SMILES string of the molecule is CC[C@@H](C)[C@H](NC(C)=O)C(=O)NS(=O)(=O)c1ccc(C)cc1. The van der Waals surface area contributed by atoms with Crippen LogP contribution in [0, 0.1) is 12.8 Å². The van der Waals surface area contributed by atoms with Gasteiger partial charge in [0.25, 0.3) is 15.9 Å². The van der Waals surface area contributed by atoms with Crippen LogP contribution in [0.3, 0.4) is 0 Å². The van der Waals surface area contributed by atoms with Crippen molar-refractivity contribution in [2.45, 2.75) is 45.1 Å². The molecule has 2 amide bonds. The summed E-state index contributed by atoms with van der Waals surface area (Å²) in [5, 5.41) is 2.50. The summed E-state index contributed by atoms with van der Waals surface area (Å²) >= 11 is 0. The van der Waals surface area contributed by atoms with Crippen molar-refractivity contribution in [3.63, 3.8) is 0 Å². The van der Waals surface area contributed by atoms with Gasteiger partial charge in [0.05, 0.1) is 4.90 Å². The third-order valence-corrected chi connectivity index (χ3v) is 4.78. The molecule has 0 bridgehead atoms. The van der Waals surface area contributed by atoms with Gasteiger partial charge in [-0.2, -0.15) is 0 Å². The van der Waals surface area contributed by atoms with E-state index in [1.54, 1.807) is 19.1 Å². The molecule has 1 rings (SSSR count). The fourth-order valence-electron chi connectivity index (χ4n) is 1.89. The van der Waals surface area contributed by atoms with Crippen molar-refractivity contribution in [1.29, 1.82) is 0 Å². The molecular formula is C15H22N2O4S. The number of carbonyl (C=O) groups excluding carboxylic acids is 2. The number of rotatable bonds is 6. The van der Waals surface area contributed by atoms with Gasteiger partial charge in [0.15, 0.2) is 0 Å². The number of hydrogen-bond acceptors (Lipinski definition) is 4. The lowest BCUT2D eigenvalue weighted by molar-refractivity contribution is -0.128. The van der Waals surface area contributed by atoms with Crippen LogP contribution in [0.4, 0.5) is 0 Å². The first-order valence-corrected chi connectivity index (χ1v) is 8.56. The van der Waals surface area contributed by atoms with Crippen molar-refractivity contribution in [1.82, 2.24) is 10.0 Å². The van der Waals surface area contributed by atoms with Gasteiger partial charge in [0, 0.05) is 6.92 Å². The quantitative estimate of drug-likeness (QED) is 0.825. The van der Waals surface area contributed by atoms with E-state index < -0.39 is 22.0 Å². The predicted molar refractivity (Wildman–Crippen MR) is 83.6 cm³/mol. The summed E-state index contributed by atoms with van der Waals surface area (Å²) in [5.74, 6) is -1.30.